The minimum Gasteiger partial charge on any atom is -0.369 e. The number of nitrogens with two attached hydrogens (primary N) is 1. The van der Waals surface area contributed by atoms with Crippen LogP contribution in [0.15, 0.2) is 6.07 Å². The van der Waals surface area contributed by atoms with E-state index in [9.17, 15) is 4.79 Å². The Labute approximate surface area is 107 Å². The van der Waals surface area contributed by atoms with Crippen LogP contribution in [0.3, 0.4) is 0 Å². The molecule has 0 radical (unpaired) electrons. The number of carbonyl (C=O) groups excluding carboxylic acids is 1. The van der Waals surface area contributed by atoms with E-state index in [1.54, 1.807) is 13.0 Å². The van der Waals surface area contributed by atoms with Crippen molar-refractivity contribution in [2.45, 2.75) is 33.2 Å². The summed E-state index contributed by atoms with van der Waals surface area (Å²) >= 11 is 0. The van der Waals surface area contributed by atoms with Crippen LogP contribution < -0.4 is 21.9 Å². The van der Waals surface area contributed by atoms with E-state index in [1.165, 1.54) is 0 Å². The SMILES string of the molecule is Cc1nc(NN)cc(NCCC(=O)NC(C)C)n1. The average molecular weight is 252 g/mol. The predicted molar refractivity (Wildman–Crippen MR) is 71.0 cm³/mol. The number of anilines is 2. The van der Waals surface area contributed by atoms with Crippen molar-refractivity contribution in [3.05, 3.63) is 11.9 Å². The fourth-order valence-corrected chi connectivity index (χ4v) is 1.43. The van der Waals surface area contributed by atoms with E-state index in [1.807, 2.05) is 13.8 Å². The third kappa shape index (κ3) is 4.96. The van der Waals surface area contributed by atoms with Gasteiger partial charge in [0.2, 0.25) is 5.91 Å². The maximum absolute atomic E-state index is 11.4. The largest absolute Gasteiger partial charge is 0.369 e. The van der Waals surface area contributed by atoms with E-state index in [0.717, 1.165) is 0 Å². The zero-order chi connectivity index (χ0) is 13.5. The van der Waals surface area contributed by atoms with Crippen molar-refractivity contribution in [1.82, 2.24) is 15.3 Å². The predicted octanol–water partition coefficient (Wildman–Crippen LogP) is 0.397. The lowest BCUT2D eigenvalue weighted by atomic mass is 10.3. The molecule has 5 N–H and O–H groups in total. The van der Waals surface area contributed by atoms with E-state index in [-0.39, 0.29) is 11.9 Å². The smallest absolute Gasteiger partial charge is 0.221 e. The van der Waals surface area contributed by atoms with Gasteiger partial charge in [-0.1, -0.05) is 0 Å². The first-order valence-electron chi connectivity index (χ1n) is 5.87. The van der Waals surface area contributed by atoms with Gasteiger partial charge in [0, 0.05) is 25.1 Å². The number of hydrazine groups is 1. The van der Waals surface area contributed by atoms with Crippen molar-refractivity contribution in [3.8, 4) is 0 Å². The number of aryl methyl sites for hydroxylation is 1. The highest BCUT2D eigenvalue weighted by Crippen LogP contribution is 2.09. The molecule has 1 amide bonds. The van der Waals surface area contributed by atoms with Crippen molar-refractivity contribution in [2.75, 3.05) is 17.3 Å². The fourth-order valence-electron chi connectivity index (χ4n) is 1.43. The van der Waals surface area contributed by atoms with Crippen molar-refractivity contribution in [1.29, 1.82) is 0 Å². The van der Waals surface area contributed by atoms with Gasteiger partial charge in [0.1, 0.15) is 17.5 Å². The Kier molecular flexibility index (Phi) is 5.31. The lowest BCUT2D eigenvalue weighted by Crippen LogP contribution is -2.31. The van der Waals surface area contributed by atoms with Gasteiger partial charge < -0.3 is 16.1 Å². The molecule has 0 saturated heterocycles. The third-order valence-electron chi connectivity index (χ3n) is 2.09. The Morgan fingerprint density at radius 2 is 2.06 bits per heavy atom. The lowest BCUT2D eigenvalue weighted by molar-refractivity contribution is -0.121. The van der Waals surface area contributed by atoms with Gasteiger partial charge in [0.25, 0.3) is 0 Å². The fraction of sp³-hybridized carbons (Fsp3) is 0.545. The third-order valence-corrected chi connectivity index (χ3v) is 2.09. The summed E-state index contributed by atoms with van der Waals surface area (Å²) in [7, 11) is 0. The molecule has 0 saturated carbocycles. The van der Waals surface area contributed by atoms with Gasteiger partial charge in [-0.2, -0.15) is 0 Å². The molecule has 0 aromatic carbocycles. The van der Waals surface area contributed by atoms with E-state index in [2.05, 4.69) is 26.0 Å². The molecule has 7 heteroatoms. The van der Waals surface area contributed by atoms with E-state index in [4.69, 9.17) is 5.84 Å². The van der Waals surface area contributed by atoms with Crippen LogP contribution in [0.4, 0.5) is 11.6 Å². The van der Waals surface area contributed by atoms with Gasteiger partial charge in [-0.3, -0.25) is 4.79 Å². The molecular formula is C11H20N6O. The number of nitrogens with zero attached hydrogens (tertiary/aromatic N) is 2. The van der Waals surface area contributed by atoms with Gasteiger partial charge in [-0.25, -0.2) is 15.8 Å². The monoisotopic (exact) mass is 252 g/mol. The Balaban J connectivity index is 2.44. The topological polar surface area (TPSA) is 105 Å². The van der Waals surface area contributed by atoms with E-state index >= 15 is 0 Å². The Bertz CT molecular complexity index is 407. The number of aromatic nitrogens is 2. The molecule has 0 fully saturated rings. The molecule has 0 aliphatic carbocycles. The van der Waals surface area contributed by atoms with Crippen LogP contribution >= 0.6 is 0 Å². The molecule has 7 nitrogen and oxygen atoms in total. The van der Waals surface area contributed by atoms with Gasteiger partial charge in [-0.15, -0.1) is 0 Å². The molecule has 18 heavy (non-hydrogen) atoms. The molecule has 0 aliphatic heterocycles. The first kappa shape index (κ1) is 14.2. The molecule has 0 bridgehead atoms. The molecule has 1 aromatic rings. The first-order chi connectivity index (χ1) is 8.51. The van der Waals surface area contributed by atoms with Crippen LogP contribution in [0.1, 0.15) is 26.1 Å². The summed E-state index contributed by atoms with van der Waals surface area (Å²) in [5, 5.41) is 5.88. The quantitative estimate of drug-likeness (QED) is 0.431. The minimum atomic E-state index is 0.0143. The van der Waals surface area contributed by atoms with Crippen molar-refractivity contribution in [2.24, 2.45) is 5.84 Å². The summed E-state index contributed by atoms with van der Waals surface area (Å²) in [6, 6.07) is 1.85. The molecular weight excluding hydrogens is 232 g/mol. The lowest BCUT2D eigenvalue weighted by Gasteiger charge is -2.10. The van der Waals surface area contributed by atoms with Crippen molar-refractivity contribution in [3.63, 3.8) is 0 Å². The molecule has 0 unspecified atom stereocenters. The van der Waals surface area contributed by atoms with Crippen LogP contribution in [-0.4, -0.2) is 28.5 Å². The second-order valence-electron chi connectivity index (χ2n) is 4.23. The Morgan fingerprint density at radius 1 is 1.39 bits per heavy atom. The summed E-state index contributed by atoms with van der Waals surface area (Å²) in [6.07, 6.45) is 0.395. The van der Waals surface area contributed by atoms with Crippen LogP contribution in [0.5, 0.6) is 0 Å². The van der Waals surface area contributed by atoms with Gasteiger partial charge in [0.05, 0.1) is 0 Å². The van der Waals surface area contributed by atoms with Crippen LogP contribution in [0.2, 0.25) is 0 Å². The molecule has 0 aliphatic rings. The van der Waals surface area contributed by atoms with Crippen molar-refractivity contribution >= 4 is 17.5 Å². The molecule has 1 heterocycles. The molecule has 1 rings (SSSR count). The number of hydrogen-bond donors (Lipinski definition) is 4. The second kappa shape index (κ2) is 6.75. The number of nitrogen functional groups attached to an aromatic ring is 1. The summed E-state index contributed by atoms with van der Waals surface area (Å²) < 4.78 is 0. The maximum Gasteiger partial charge on any atom is 0.221 e. The molecule has 0 atom stereocenters. The van der Waals surface area contributed by atoms with E-state index < -0.39 is 0 Å². The zero-order valence-corrected chi connectivity index (χ0v) is 10.9. The number of hydrogen-bond acceptors (Lipinski definition) is 6. The minimum absolute atomic E-state index is 0.0143. The van der Waals surface area contributed by atoms with E-state index in [0.29, 0.717) is 30.4 Å². The van der Waals surface area contributed by atoms with Crippen molar-refractivity contribution < 1.29 is 4.79 Å². The second-order valence-corrected chi connectivity index (χ2v) is 4.23. The number of nitrogens with one attached hydrogen (secondary N) is 3. The van der Waals surface area contributed by atoms with Crippen LogP contribution in [-0.2, 0) is 4.79 Å². The molecule has 0 spiro atoms. The number of rotatable bonds is 6. The highest BCUT2D eigenvalue weighted by Gasteiger charge is 2.04. The number of carbonyl (C=O) groups is 1. The summed E-state index contributed by atoms with van der Waals surface area (Å²) in [5.74, 6) is 7.10. The summed E-state index contributed by atoms with van der Waals surface area (Å²) in [4.78, 5) is 19.7. The summed E-state index contributed by atoms with van der Waals surface area (Å²) in [6.45, 7) is 6.15. The molecule has 1 aromatic heterocycles. The Morgan fingerprint density at radius 3 is 2.67 bits per heavy atom. The van der Waals surface area contributed by atoms with Crippen LogP contribution in [0, 0.1) is 6.92 Å². The van der Waals surface area contributed by atoms with Gasteiger partial charge in [-0.05, 0) is 20.8 Å². The standard InChI is InChI=1S/C11H20N6O/c1-7(2)14-11(18)4-5-13-9-6-10(17-12)16-8(3)15-9/h6-7H,4-5,12H2,1-3H3,(H,14,18)(H2,13,15,16,17). The highest BCUT2D eigenvalue weighted by molar-refractivity contribution is 5.76. The highest BCUT2D eigenvalue weighted by atomic mass is 16.1. The number of amides is 1. The first-order valence-corrected chi connectivity index (χ1v) is 5.87. The average Bonchev–Trinajstić information content (AvgIpc) is 2.27. The van der Waals surface area contributed by atoms with Gasteiger partial charge >= 0.3 is 0 Å². The Hall–Kier alpha value is -1.89. The summed E-state index contributed by atoms with van der Waals surface area (Å²) in [5.41, 5.74) is 2.46. The van der Waals surface area contributed by atoms with Gasteiger partial charge in [0.15, 0.2) is 0 Å². The molecule has 100 valence electrons. The zero-order valence-electron chi connectivity index (χ0n) is 10.9. The van der Waals surface area contributed by atoms with Crippen LogP contribution in [0.25, 0.3) is 0 Å². The normalized spacial score (nSPS) is 10.3. The maximum atomic E-state index is 11.4.